The van der Waals surface area contributed by atoms with Gasteiger partial charge in [-0.1, -0.05) is 13.3 Å². The van der Waals surface area contributed by atoms with Crippen LogP contribution in [0.3, 0.4) is 0 Å². The fourth-order valence-electron chi connectivity index (χ4n) is 2.06. The van der Waals surface area contributed by atoms with Crippen LogP contribution < -0.4 is 16.8 Å². The van der Waals surface area contributed by atoms with Crippen molar-refractivity contribution in [3.63, 3.8) is 0 Å². The fraction of sp³-hybridized carbons (Fsp3) is 0.500. The van der Waals surface area contributed by atoms with Gasteiger partial charge in [0.2, 0.25) is 0 Å². The first-order chi connectivity index (χ1) is 9.08. The maximum absolute atomic E-state index is 12.0. The molecular weight excluding hydrogens is 242 g/mol. The lowest BCUT2D eigenvalue weighted by molar-refractivity contribution is 0.0944. The predicted octanol–water partition coefficient (Wildman–Crippen LogP) is 1.38. The van der Waals surface area contributed by atoms with Crippen LogP contribution in [0.1, 0.15) is 36.5 Å². The summed E-state index contributed by atoms with van der Waals surface area (Å²) in [6, 6.07) is 4.86. The molecule has 0 aliphatic rings. The molecule has 0 saturated heterocycles. The quantitative estimate of drug-likeness (QED) is 0.559. The Hall–Kier alpha value is -1.75. The number of aliphatic hydroxyl groups excluding tert-OH is 1. The second-order valence-electron chi connectivity index (χ2n) is 4.72. The average Bonchev–Trinajstić information content (AvgIpc) is 2.36. The van der Waals surface area contributed by atoms with E-state index in [4.69, 9.17) is 16.6 Å². The first kappa shape index (κ1) is 15.3. The molecule has 19 heavy (non-hydrogen) atoms. The molecule has 5 heteroatoms. The van der Waals surface area contributed by atoms with E-state index in [-0.39, 0.29) is 12.5 Å². The maximum atomic E-state index is 12.0. The maximum Gasteiger partial charge on any atom is 0.253 e. The minimum Gasteiger partial charge on any atom is -0.399 e. The summed E-state index contributed by atoms with van der Waals surface area (Å²) < 4.78 is 0. The van der Waals surface area contributed by atoms with Crippen molar-refractivity contribution in [2.75, 3.05) is 24.6 Å². The molecule has 5 nitrogen and oxygen atoms in total. The SMILES string of the molecule is CCCC(CCO)CNC(=O)c1ccc(N)cc1N. The largest absolute Gasteiger partial charge is 0.399 e. The molecule has 0 aromatic heterocycles. The average molecular weight is 265 g/mol. The van der Waals surface area contributed by atoms with E-state index in [0.29, 0.717) is 35.8 Å². The molecule has 0 saturated carbocycles. The first-order valence-electron chi connectivity index (χ1n) is 6.62. The van der Waals surface area contributed by atoms with E-state index in [1.54, 1.807) is 18.2 Å². The summed E-state index contributed by atoms with van der Waals surface area (Å²) in [6.07, 6.45) is 2.72. The number of benzene rings is 1. The highest BCUT2D eigenvalue weighted by atomic mass is 16.3. The number of amides is 1. The standard InChI is InChI=1S/C14H23N3O2/c1-2-3-10(6-7-18)9-17-14(19)12-5-4-11(15)8-13(12)16/h4-5,8,10,18H,2-3,6-7,9,15-16H2,1H3,(H,17,19). The van der Waals surface area contributed by atoms with Crippen molar-refractivity contribution < 1.29 is 9.90 Å². The van der Waals surface area contributed by atoms with Crippen LogP contribution in [-0.4, -0.2) is 24.2 Å². The van der Waals surface area contributed by atoms with Gasteiger partial charge in [-0.15, -0.1) is 0 Å². The number of hydrogen-bond donors (Lipinski definition) is 4. The zero-order valence-corrected chi connectivity index (χ0v) is 11.4. The number of rotatable bonds is 7. The summed E-state index contributed by atoms with van der Waals surface area (Å²) in [5, 5.41) is 11.8. The van der Waals surface area contributed by atoms with E-state index in [2.05, 4.69) is 12.2 Å². The highest BCUT2D eigenvalue weighted by Gasteiger charge is 2.12. The van der Waals surface area contributed by atoms with Crippen LogP contribution in [0, 0.1) is 5.92 Å². The number of carbonyl (C=O) groups is 1. The van der Waals surface area contributed by atoms with Gasteiger partial charge < -0.3 is 21.9 Å². The molecule has 1 unspecified atom stereocenters. The predicted molar refractivity (Wildman–Crippen MR) is 77.7 cm³/mol. The van der Waals surface area contributed by atoms with E-state index < -0.39 is 0 Å². The summed E-state index contributed by atoms with van der Waals surface area (Å²) in [6.45, 7) is 2.78. The third-order valence-electron chi connectivity index (χ3n) is 3.11. The number of carbonyl (C=O) groups excluding carboxylic acids is 1. The molecule has 106 valence electrons. The molecule has 0 fully saturated rings. The van der Waals surface area contributed by atoms with Crippen LogP contribution in [0.2, 0.25) is 0 Å². The van der Waals surface area contributed by atoms with Crippen molar-refractivity contribution in [2.45, 2.75) is 26.2 Å². The van der Waals surface area contributed by atoms with Gasteiger partial charge in [-0.05, 0) is 37.0 Å². The lowest BCUT2D eigenvalue weighted by atomic mass is 10.00. The Labute approximate surface area is 114 Å². The van der Waals surface area contributed by atoms with E-state index in [0.717, 1.165) is 12.8 Å². The van der Waals surface area contributed by atoms with Crippen molar-refractivity contribution in [3.05, 3.63) is 23.8 Å². The number of nitrogens with two attached hydrogens (primary N) is 2. The Morgan fingerprint density at radius 1 is 1.37 bits per heavy atom. The third-order valence-corrected chi connectivity index (χ3v) is 3.11. The van der Waals surface area contributed by atoms with Crippen molar-refractivity contribution in [1.82, 2.24) is 5.32 Å². The van der Waals surface area contributed by atoms with Gasteiger partial charge in [0.1, 0.15) is 0 Å². The molecule has 1 atom stereocenters. The monoisotopic (exact) mass is 265 g/mol. The summed E-state index contributed by atoms with van der Waals surface area (Å²) in [4.78, 5) is 12.0. The zero-order chi connectivity index (χ0) is 14.3. The lowest BCUT2D eigenvalue weighted by Gasteiger charge is -2.16. The van der Waals surface area contributed by atoms with E-state index >= 15 is 0 Å². The van der Waals surface area contributed by atoms with Crippen LogP contribution >= 0.6 is 0 Å². The lowest BCUT2D eigenvalue weighted by Crippen LogP contribution is -2.30. The van der Waals surface area contributed by atoms with Gasteiger partial charge in [0, 0.05) is 24.5 Å². The molecule has 1 aromatic carbocycles. The van der Waals surface area contributed by atoms with Gasteiger partial charge in [0.05, 0.1) is 5.56 Å². The van der Waals surface area contributed by atoms with Crippen LogP contribution in [0.25, 0.3) is 0 Å². The molecule has 1 aromatic rings. The fourth-order valence-corrected chi connectivity index (χ4v) is 2.06. The van der Waals surface area contributed by atoms with Gasteiger partial charge in [-0.3, -0.25) is 4.79 Å². The van der Waals surface area contributed by atoms with Gasteiger partial charge >= 0.3 is 0 Å². The van der Waals surface area contributed by atoms with Gasteiger partial charge in [-0.25, -0.2) is 0 Å². The molecule has 0 aliphatic heterocycles. The Morgan fingerprint density at radius 3 is 2.68 bits per heavy atom. The first-order valence-corrected chi connectivity index (χ1v) is 6.62. The number of aliphatic hydroxyl groups is 1. The zero-order valence-electron chi connectivity index (χ0n) is 11.4. The van der Waals surface area contributed by atoms with Crippen molar-refractivity contribution in [2.24, 2.45) is 5.92 Å². The minimum atomic E-state index is -0.198. The van der Waals surface area contributed by atoms with Crippen molar-refractivity contribution >= 4 is 17.3 Å². The number of anilines is 2. The number of hydrogen-bond acceptors (Lipinski definition) is 4. The highest BCUT2D eigenvalue weighted by Crippen LogP contribution is 2.16. The Bertz CT molecular complexity index is 415. The second-order valence-corrected chi connectivity index (χ2v) is 4.72. The molecule has 0 bridgehead atoms. The van der Waals surface area contributed by atoms with Gasteiger partial charge in [-0.2, -0.15) is 0 Å². The highest BCUT2D eigenvalue weighted by molar-refractivity contribution is 5.99. The molecule has 1 amide bonds. The summed E-state index contributed by atoms with van der Waals surface area (Å²) in [5.74, 6) is 0.102. The summed E-state index contributed by atoms with van der Waals surface area (Å²) in [7, 11) is 0. The molecule has 1 rings (SSSR count). The summed E-state index contributed by atoms with van der Waals surface area (Å²) in [5.41, 5.74) is 12.7. The van der Waals surface area contributed by atoms with Crippen molar-refractivity contribution in [1.29, 1.82) is 0 Å². The van der Waals surface area contributed by atoms with E-state index in [9.17, 15) is 4.79 Å². The molecule has 6 N–H and O–H groups in total. The van der Waals surface area contributed by atoms with Gasteiger partial charge in [0.25, 0.3) is 5.91 Å². The van der Waals surface area contributed by atoms with E-state index in [1.165, 1.54) is 0 Å². The van der Waals surface area contributed by atoms with Crippen LogP contribution in [0.15, 0.2) is 18.2 Å². The Balaban J connectivity index is 2.58. The molecule has 0 heterocycles. The summed E-state index contributed by atoms with van der Waals surface area (Å²) >= 11 is 0. The molecule has 0 aliphatic carbocycles. The normalized spacial score (nSPS) is 12.1. The molecular formula is C14H23N3O2. The smallest absolute Gasteiger partial charge is 0.253 e. The van der Waals surface area contributed by atoms with Crippen molar-refractivity contribution in [3.8, 4) is 0 Å². The molecule has 0 radical (unpaired) electrons. The Morgan fingerprint density at radius 2 is 2.11 bits per heavy atom. The molecule has 0 spiro atoms. The van der Waals surface area contributed by atoms with Crippen LogP contribution in [-0.2, 0) is 0 Å². The number of nitrogen functional groups attached to an aromatic ring is 2. The minimum absolute atomic E-state index is 0.143. The van der Waals surface area contributed by atoms with Crippen LogP contribution in [0.4, 0.5) is 11.4 Å². The van der Waals surface area contributed by atoms with E-state index in [1.807, 2.05) is 0 Å². The number of nitrogens with one attached hydrogen (secondary N) is 1. The topological polar surface area (TPSA) is 101 Å². The second kappa shape index (κ2) is 7.63. The Kier molecular flexibility index (Phi) is 6.15. The van der Waals surface area contributed by atoms with Gasteiger partial charge in [0.15, 0.2) is 0 Å². The van der Waals surface area contributed by atoms with Crippen LogP contribution in [0.5, 0.6) is 0 Å². The third kappa shape index (κ3) is 4.79.